The summed E-state index contributed by atoms with van der Waals surface area (Å²) >= 11 is 0. The van der Waals surface area contributed by atoms with Gasteiger partial charge in [-0.25, -0.2) is 0 Å². The summed E-state index contributed by atoms with van der Waals surface area (Å²) in [7, 11) is 0. The molecule has 0 bridgehead atoms. The van der Waals surface area contributed by atoms with Crippen LogP contribution in [0.5, 0.6) is 0 Å². The minimum atomic E-state index is -0.672. The Hall–Kier alpha value is -6.70. The zero-order chi connectivity index (χ0) is 39.6. The minimum Gasteiger partial charge on any atom is -0.457 e. The van der Waals surface area contributed by atoms with Crippen LogP contribution in [0.2, 0.25) is 0 Å². The lowest BCUT2D eigenvalue weighted by atomic mass is 9.99. The molecule has 0 aliphatic carbocycles. The lowest BCUT2D eigenvalue weighted by Gasteiger charge is -2.38. The quantitative estimate of drug-likeness (QED) is 0.0493. The second kappa shape index (κ2) is 18.1. The van der Waals surface area contributed by atoms with E-state index in [-0.39, 0.29) is 47.1 Å². The number of non-ortho nitro benzene ring substituents is 1. The number of benzene rings is 4. The summed E-state index contributed by atoms with van der Waals surface area (Å²) in [5.74, 6) is -0.327. The molecule has 0 spiro atoms. The molecule has 1 aliphatic heterocycles. The first-order chi connectivity index (χ1) is 27.0. The van der Waals surface area contributed by atoms with Gasteiger partial charge in [-0.2, -0.15) is 0 Å². The minimum absolute atomic E-state index is 0.0342. The molecule has 1 saturated heterocycles. The van der Waals surface area contributed by atoms with Gasteiger partial charge < -0.3 is 20.4 Å². The van der Waals surface area contributed by atoms with Crippen molar-refractivity contribution in [1.29, 1.82) is 0 Å². The molecule has 1 atom stereocenters. The topological polar surface area (TPSA) is 167 Å². The van der Waals surface area contributed by atoms with Gasteiger partial charge >= 0.3 is 0 Å². The molecule has 4 aromatic carbocycles. The summed E-state index contributed by atoms with van der Waals surface area (Å²) < 4.78 is 5.81. The number of nitrogens with one attached hydrogen (secondary N) is 3. The molecule has 1 aromatic heterocycles. The highest BCUT2D eigenvalue weighted by atomic mass is 16.6. The number of hydrogen-bond donors (Lipinski definition) is 3. The van der Waals surface area contributed by atoms with Crippen molar-refractivity contribution in [3.8, 4) is 11.3 Å². The molecule has 1 unspecified atom stereocenters. The van der Waals surface area contributed by atoms with Gasteiger partial charge in [0.05, 0.1) is 17.2 Å². The molecule has 1 fully saturated rings. The van der Waals surface area contributed by atoms with Gasteiger partial charge in [-0.15, -0.1) is 0 Å². The Labute approximate surface area is 324 Å². The van der Waals surface area contributed by atoms with Crippen LogP contribution in [-0.4, -0.2) is 77.0 Å². The molecular weight excluding hydrogens is 713 g/mol. The highest BCUT2D eigenvalue weighted by Gasteiger charge is 2.32. The van der Waals surface area contributed by atoms with Crippen LogP contribution in [0.1, 0.15) is 47.1 Å². The fourth-order valence-electron chi connectivity index (χ4n) is 6.47. The van der Waals surface area contributed by atoms with Crippen LogP contribution in [0, 0.1) is 10.1 Å². The van der Waals surface area contributed by atoms with E-state index in [0.717, 1.165) is 5.56 Å². The predicted molar refractivity (Wildman–Crippen MR) is 214 cm³/mol. The summed E-state index contributed by atoms with van der Waals surface area (Å²) in [5.41, 5.74) is 2.62. The largest absolute Gasteiger partial charge is 0.457 e. The molecule has 3 amide bonds. The number of carbonyl (C=O) groups excluding carboxylic acids is 4. The average molecular weight is 755 g/mol. The first-order valence-electron chi connectivity index (χ1n) is 18.2. The van der Waals surface area contributed by atoms with Gasteiger partial charge in [0, 0.05) is 72.8 Å². The van der Waals surface area contributed by atoms with Crippen LogP contribution >= 0.6 is 0 Å². The van der Waals surface area contributed by atoms with Gasteiger partial charge in [0.1, 0.15) is 17.6 Å². The number of furan rings is 1. The Morgan fingerprint density at radius 1 is 0.821 bits per heavy atom. The Morgan fingerprint density at radius 2 is 1.50 bits per heavy atom. The van der Waals surface area contributed by atoms with Crippen molar-refractivity contribution in [2.75, 3.05) is 43.4 Å². The number of anilines is 2. The number of amides is 3. The Morgan fingerprint density at radius 3 is 2.16 bits per heavy atom. The van der Waals surface area contributed by atoms with E-state index < -0.39 is 16.9 Å². The van der Waals surface area contributed by atoms with Crippen molar-refractivity contribution in [2.45, 2.75) is 25.9 Å². The van der Waals surface area contributed by atoms with E-state index in [2.05, 4.69) is 25.8 Å². The number of ketones is 1. The maximum Gasteiger partial charge on any atom is 0.269 e. The number of nitro benzene ring substituents is 1. The van der Waals surface area contributed by atoms with Crippen LogP contribution in [0.3, 0.4) is 0 Å². The normalized spacial score (nSPS) is 14.0. The molecule has 0 saturated carbocycles. The van der Waals surface area contributed by atoms with E-state index in [1.165, 1.54) is 30.4 Å². The monoisotopic (exact) mass is 754 g/mol. The fourth-order valence-corrected chi connectivity index (χ4v) is 6.47. The summed E-state index contributed by atoms with van der Waals surface area (Å²) in [5, 5.41) is 19.7. The molecule has 286 valence electrons. The van der Waals surface area contributed by atoms with E-state index >= 15 is 0 Å². The zero-order valence-electron chi connectivity index (χ0n) is 31.0. The molecule has 0 radical (unpaired) electrons. The number of nitrogens with zero attached hydrogens (tertiary/aromatic N) is 3. The molecule has 6 rings (SSSR count). The maximum atomic E-state index is 14.3. The SMILES string of the molecule is CC(C)NC(=O)CN1CCN(C(C(=O)Nc2ccc(NC(=O)/C=C/c3ccc(-c4ccc([N+](=O)[O-])cc4)o3)cc2C(=O)c2ccccc2)c2ccccc2)CC1. The van der Waals surface area contributed by atoms with Gasteiger partial charge in [0.15, 0.2) is 5.78 Å². The summed E-state index contributed by atoms with van der Waals surface area (Å²) in [6, 6.07) is 31.5. The van der Waals surface area contributed by atoms with Gasteiger partial charge in [0.25, 0.3) is 5.69 Å². The second-order valence-corrected chi connectivity index (χ2v) is 13.6. The predicted octanol–water partition coefficient (Wildman–Crippen LogP) is 6.56. The van der Waals surface area contributed by atoms with Gasteiger partial charge in [0.2, 0.25) is 17.7 Å². The molecule has 5 aromatic rings. The van der Waals surface area contributed by atoms with Crippen LogP contribution in [0.15, 0.2) is 126 Å². The third kappa shape index (κ3) is 10.1. The highest BCUT2D eigenvalue weighted by Crippen LogP contribution is 2.29. The highest BCUT2D eigenvalue weighted by molar-refractivity contribution is 6.15. The van der Waals surface area contributed by atoms with Crippen LogP contribution in [-0.2, 0) is 14.4 Å². The average Bonchev–Trinajstić information content (AvgIpc) is 3.68. The van der Waals surface area contributed by atoms with E-state index in [4.69, 9.17) is 4.42 Å². The summed E-state index contributed by atoms with van der Waals surface area (Å²) in [4.78, 5) is 68.3. The molecule has 13 nitrogen and oxygen atoms in total. The van der Waals surface area contributed by atoms with Crippen molar-refractivity contribution >= 4 is 46.6 Å². The molecule has 13 heteroatoms. The molecule has 3 N–H and O–H groups in total. The van der Waals surface area contributed by atoms with Gasteiger partial charge in [-0.1, -0.05) is 60.7 Å². The third-order valence-electron chi connectivity index (χ3n) is 9.17. The van der Waals surface area contributed by atoms with Crippen LogP contribution in [0.25, 0.3) is 17.4 Å². The smallest absolute Gasteiger partial charge is 0.269 e. The van der Waals surface area contributed by atoms with Gasteiger partial charge in [-0.05, 0) is 68.0 Å². The van der Waals surface area contributed by atoms with Gasteiger partial charge in [-0.3, -0.25) is 39.1 Å². The zero-order valence-corrected chi connectivity index (χ0v) is 31.0. The third-order valence-corrected chi connectivity index (χ3v) is 9.17. The van der Waals surface area contributed by atoms with E-state index in [0.29, 0.717) is 54.5 Å². The number of piperazine rings is 1. The van der Waals surface area contributed by atoms with Crippen molar-refractivity contribution in [3.05, 3.63) is 154 Å². The van der Waals surface area contributed by atoms with E-state index in [1.54, 1.807) is 66.7 Å². The Kier molecular flexibility index (Phi) is 12.6. The first kappa shape index (κ1) is 39.0. The number of nitro groups is 1. The summed E-state index contributed by atoms with van der Waals surface area (Å²) in [6.07, 6.45) is 2.77. The van der Waals surface area contributed by atoms with Crippen molar-refractivity contribution in [2.24, 2.45) is 0 Å². The Bertz CT molecular complexity index is 2210. The van der Waals surface area contributed by atoms with Crippen molar-refractivity contribution in [1.82, 2.24) is 15.1 Å². The molecule has 2 heterocycles. The van der Waals surface area contributed by atoms with Crippen molar-refractivity contribution < 1.29 is 28.5 Å². The summed E-state index contributed by atoms with van der Waals surface area (Å²) in [6.45, 7) is 6.43. The number of rotatable bonds is 14. The number of carbonyl (C=O) groups is 4. The van der Waals surface area contributed by atoms with E-state index in [1.807, 2.05) is 44.2 Å². The fraction of sp³-hybridized carbons (Fsp3) is 0.209. The lowest BCUT2D eigenvalue weighted by molar-refractivity contribution is -0.384. The molecular formula is C43H42N6O7. The van der Waals surface area contributed by atoms with Crippen LogP contribution in [0.4, 0.5) is 17.1 Å². The lowest BCUT2D eigenvalue weighted by Crippen LogP contribution is -2.52. The molecule has 56 heavy (non-hydrogen) atoms. The maximum absolute atomic E-state index is 14.3. The first-order valence-corrected chi connectivity index (χ1v) is 18.2. The standard InChI is InChI=1S/C43H42N6O7/c1-29(2)44-40(51)28-47-23-25-48(26-24-47)41(31-9-5-3-6-10-31)43(53)46-37-20-15-33(27-36(37)42(52)32-11-7-4-8-12-32)45-39(50)22-19-35-18-21-38(56-35)30-13-16-34(17-14-30)49(54)55/h3-22,27,29,41H,23-26,28H2,1-2H3,(H,44,51)(H,45,50)(H,46,53)/b22-19+. The molecule has 1 aliphatic rings. The second-order valence-electron chi connectivity index (χ2n) is 13.6. The number of hydrogen-bond acceptors (Lipinski definition) is 9. The Balaban J connectivity index is 1.19. The van der Waals surface area contributed by atoms with Crippen LogP contribution < -0.4 is 16.0 Å². The van der Waals surface area contributed by atoms with E-state index in [9.17, 15) is 29.3 Å². The van der Waals surface area contributed by atoms with Crippen molar-refractivity contribution in [3.63, 3.8) is 0 Å².